The molecule has 2 aromatic carbocycles. The van der Waals surface area contributed by atoms with E-state index in [0.29, 0.717) is 5.69 Å². The highest BCUT2D eigenvalue weighted by molar-refractivity contribution is 7.92. The van der Waals surface area contributed by atoms with Crippen LogP contribution in [0.1, 0.15) is 27.9 Å². The molecule has 0 unspecified atom stereocenters. The summed E-state index contributed by atoms with van der Waals surface area (Å²) in [6.45, 7) is 0. The molecule has 0 atom stereocenters. The first-order valence-corrected chi connectivity index (χ1v) is 10.7. The average molecular weight is 376 g/mol. The van der Waals surface area contributed by atoms with Gasteiger partial charge in [-0.1, -0.05) is 42.5 Å². The van der Waals surface area contributed by atoms with E-state index >= 15 is 0 Å². The third-order valence-corrected chi connectivity index (χ3v) is 5.22. The molecule has 0 saturated heterocycles. The van der Waals surface area contributed by atoms with Gasteiger partial charge in [0, 0.05) is 17.5 Å². The van der Waals surface area contributed by atoms with E-state index in [1.54, 1.807) is 6.07 Å². The van der Waals surface area contributed by atoms with E-state index in [4.69, 9.17) is 0 Å². The first-order valence-electron chi connectivity index (χ1n) is 8.82. The number of aromatic nitrogens is 1. The van der Waals surface area contributed by atoms with E-state index in [9.17, 15) is 8.42 Å². The third-order valence-electron chi connectivity index (χ3n) is 4.62. The fraction of sp³-hybridized carbons (Fsp3) is 0.136. The van der Waals surface area contributed by atoms with Crippen LogP contribution in [0.4, 0.5) is 5.69 Å². The molecule has 0 fully saturated rings. The molecule has 0 saturated carbocycles. The Bertz CT molecular complexity index is 1080. The lowest BCUT2D eigenvalue weighted by Gasteiger charge is -2.11. The quantitative estimate of drug-likeness (QED) is 0.747. The van der Waals surface area contributed by atoms with Crippen molar-refractivity contribution in [2.75, 3.05) is 11.0 Å². The Balaban J connectivity index is 1.87. The summed E-state index contributed by atoms with van der Waals surface area (Å²) in [7, 11) is -3.31. The van der Waals surface area contributed by atoms with E-state index in [1.807, 2.05) is 36.5 Å². The minimum absolute atomic E-state index is 0.551. The average Bonchev–Trinajstić information content (AvgIpc) is 2.79. The first kappa shape index (κ1) is 17.5. The molecule has 1 aliphatic rings. The maximum atomic E-state index is 11.5. The molecule has 1 aliphatic carbocycles. The lowest BCUT2D eigenvalue weighted by molar-refractivity contribution is 0.607. The van der Waals surface area contributed by atoms with E-state index in [1.165, 1.54) is 16.7 Å². The maximum absolute atomic E-state index is 11.5. The van der Waals surface area contributed by atoms with Gasteiger partial charge in [-0.15, -0.1) is 0 Å². The maximum Gasteiger partial charge on any atom is 0.229 e. The normalized spacial score (nSPS) is 14.9. The van der Waals surface area contributed by atoms with Crippen molar-refractivity contribution in [3.8, 4) is 0 Å². The van der Waals surface area contributed by atoms with Gasteiger partial charge in [0.05, 0.1) is 11.9 Å². The highest BCUT2D eigenvalue weighted by Crippen LogP contribution is 2.33. The predicted molar refractivity (Wildman–Crippen MR) is 110 cm³/mol. The molecule has 0 amide bonds. The third kappa shape index (κ3) is 3.93. The molecule has 3 aromatic rings. The second-order valence-corrected chi connectivity index (χ2v) is 8.47. The molecule has 0 spiro atoms. The number of fused-ring (bicyclic) bond motifs is 2. The molecule has 136 valence electrons. The Morgan fingerprint density at radius 2 is 1.74 bits per heavy atom. The number of benzene rings is 2. The van der Waals surface area contributed by atoms with Crippen molar-refractivity contribution in [3.05, 3.63) is 94.8 Å². The second-order valence-electron chi connectivity index (χ2n) is 6.73. The summed E-state index contributed by atoms with van der Waals surface area (Å²) in [6, 6.07) is 19.9. The van der Waals surface area contributed by atoms with Crippen LogP contribution in [0.25, 0.3) is 11.6 Å². The molecular weight excluding hydrogens is 356 g/mol. The fourth-order valence-electron chi connectivity index (χ4n) is 3.50. The summed E-state index contributed by atoms with van der Waals surface area (Å²) in [5, 5.41) is 0. The minimum atomic E-state index is -3.31. The van der Waals surface area contributed by atoms with Crippen molar-refractivity contribution < 1.29 is 8.42 Å². The first-order chi connectivity index (χ1) is 13.0. The zero-order chi connectivity index (χ0) is 18.9. The van der Waals surface area contributed by atoms with Gasteiger partial charge < -0.3 is 0 Å². The SMILES string of the molecule is CS(=O)(=O)Nc1cccc(/C=C2\c3ccccc3CCc3cccnc32)c1. The largest absolute Gasteiger partial charge is 0.284 e. The van der Waals surface area contributed by atoms with Crippen LogP contribution < -0.4 is 4.72 Å². The summed E-state index contributed by atoms with van der Waals surface area (Å²) in [6.07, 6.45) is 6.99. The molecule has 0 radical (unpaired) electrons. The zero-order valence-corrected chi connectivity index (χ0v) is 15.8. The van der Waals surface area contributed by atoms with Crippen molar-refractivity contribution in [1.82, 2.24) is 4.98 Å². The van der Waals surface area contributed by atoms with Gasteiger partial charge in [0.25, 0.3) is 0 Å². The summed E-state index contributed by atoms with van der Waals surface area (Å²) in [4.78, 5) is 4.66. The van der Waals surface area contributed by atoms with Crippen LogP contribution in [0, 0.1) is 0 Å². The van der Waals surface area contributed by atoms with Crippen molar-refractivity contribution in [2.24, 2.45) is 0 Å². The number of hydrogen-bond donors (Lipinski definition) is 1. The second kappa shape index (κ2) is 7.00. The molecule has 0 aliphatic heterocycles. The number of anilines is 1. The van der Waals surface area contributed by atoms with Crippen LogP contribution in [0.3, 0.4) is 0 Å². The lowest BCUT2D eigenvalue weighted by atomic mass is 9.95. The van der Waals surface area contributed by atoms with Crippen molar-refractivity contribution in [2.45, 2.75) is 12.8 Å². The van der Waals surface area contributed by atoms with Crippen molar-refractivity contribution in [3.63, 3.8) is 0 Å². The van der Waals surface area contributed by atoms with Crippen LogP contribution in [-0.4, -0.2) is 19.7 Å². The number of nitrogens with zero attached hydrogens (tertiary/aromatic N) is 1. The highest BCUT2D eigenvalue weighted by Gasteiger charge is 2.18. The number of aryl methyl sites for hydroxylation is 2. The Labute approximate surface area is 159 Å². The Morgan fingerprint density at radius 1 is 0.963 bits per heavy atom. The predicted octanol–water partition coefficient (Wildman–Crippen LogP) is 4.14. The smallest absolute Gasteiger partial charge is 0.229 e. The van der Waals surface area contributed by atoms with Crippen LogP contribution in [0.15, 0.2) is 66.9 Å². The fourth-order valence-corrected chi connectivity index (χ4v) is 4.05. The lowest BCUT2D eigenvalue weighted by Crippen LogP contribution is -2.09. The van der Waals surface area contributed by atoms with E-state index in [2.05, 4.69) is 40.0 Å². The molecule has 4 rings (SSSR count). The summed E-state index contributed by atoms with van der Waals surface area (Å²) >= 11 is 0. The van der Waals surface area contributed by atoms with Gasteiger partial charge >= 0.3 is 0 Å². The van der Waals surface area contributed by atoms with Gasteiger partial charge in [0.15, 0.2) is 0 Å². The zero-order valence-electron chi connectivity index (χ0n) is 15.0. The molecular formula is C22H20N2O2S. The van der Waals surface area contributed by atoms with Gasteiger partial charge in [0.1, 0.15) is 0 Å². The van der Waals surface area contributed by atoms with Crippen LogP contribution >= 0.6 is 0 Å². The summed E-state index contributed by atoms with van der Waals surface area (Å²) < 4.78 is 25.6. The molecule has 4 nitrogen and oxygen atoms in total. The Kier molecular flexibility index (Phi) is 4.54. The molecule has 0 bridgehead atoms. The van der Waals surface area contributed by atoms with Crippen LogP contribution in [0.5, 0.6) is 0 Å². The Hall–Kier alpha value is -2.92. The minimum Gasteiger partial charge on any atom is -0.284 e. The molecule has 5 heteroatoms. The van der Waals surface area contributed by atoms with Gasteiger partial charge in [-0.05, 0) is 59.4 Å². The summed E-state index contributed by atoms with van der Waals surface area (Å²) in [5.41, 5.74) is 7.23. The van der Waals surface area contributed by atoms with Crippen LogP contribution in [-0.2, 0) is 22.9 Å². The number of hydrogen-bond acceptors (Lipinski definition) is 3. The summed E-state index contributed by atoms with van der Waals surface area (Å²) in [5.74, 6) is 0. The number of rotatable bonds is 3. The standard InChI is InChI=1S/C22H20N2O2S/c1-27(25,26)24-19-9-4-6-16(14-19)15-21-20-10-3-2-7-17(20)11-12-18-8-5-13-23-22(18)21/h2-10,13-15,24H,11-12H2,1H3/b21-15+. The molecule has 1 N–H and O–H groups in total. The van der Waals surface area contributed by atoms with E-state index in [-0.39, 0.29) is 0 Å². The van der Waals surface area contributed by atoms with Crippen LogP contribution in [0.2, 0.25) is 0 Å². The number of sulfonamides is 1. The number of nitrogens with one attached hydrogen (secondary N) is 1. The van der Waals surface area contributed by atoms with Gasteiger partial charge in [0.2, 0.25) is 10.0 Å². The monoisotopic (exact) mass is 376 g/mol. The van der Waals surface area contributed by atoms with Gasteiger partial charge in [-0.3, -0.25) is 9.71 Å². The van der Waals surface area contributed by atoms with Crippen molar-refractivity contribution in [1.29, 1.82) is 0 Å². The van der Waals surface area contributed by atoms with E-state index in [0.717, 1.165) is 35.9 Å². The van der Waals surface area contributed by atoms with Crippen molar-refractivity contribution >= 4 is 27.4 Å². The van der Waals surface area contributed by atoms with E-state index < -0.39 is 10.0 Å². The highest BCUT2D eigenvalue weighted by atomic mass is 32.2. The number of pyridine rings is 1. The molecule has 1 aromatic heterocycles. The Morgan fingerprint density at radius 3 is 2.59 bits per heavy atom. The van der Waals surface area contributed by atoms with Gasteiger partial charge in [-0.25, -0.2) is 8.42 Å². The van der Waals surface area contributed by atoms with Gasteiger partial charge in [-0.2, -0.15) is 0 Å². The molecule has 27 heavy (non-hydrogen) atoms. The molecule has 1 heterocycles. The topological polar surface area (TPSA) is 59.1 Å².